The summed E-state index contributed by atoms with van der Waals surface area (Å²) in [6, 6.07) is 9.88. The van der Waals surface area contributed by atoms with Crippen LogP contribution in [0.1, 0.15) is 17.0 Å². The van der Waals surface area contributed by atoms with Crippen molar-refractivity contribution in [3.8, 4) is 5.75 Å². The second-order valence-electron chi connectivity index (χ2n) is 7.00. The number of benzene rings is 1. The Kier molecular flexibility index (Phi) is 6.84. The molecule has 0 saturated carbocycles. The number of nitrogens with one attached hydrogen (secondary N) is 1. The van der Waals surface area contributed by atoms with Gasteiger partial charge in [0.1, 0.15) is 18.1 Å². The van der Waals surface area contributed by atoms with Crippen LogP contribution in [0.2, 0.25) is 0 Å². The van der Waals surface area contributed by atoms with Crippen LogP contribution in [0.3, 0.4) is 0 Å². The molecule has 2 heterocycles. The maximum atomic E-state index is 12.1. The van der Waals surface area contributed by atoms with Crippen molar-refractivity contribution in [1.29, 1.82) is 0 Å². The Morgan fingerprint density at radius 1 is 1.19 bits per heavy atom. The third-order valence-corrected chi connectivity index (χ3v) is 4.58. The van der Waals surface area contributed by atoms with Crippen LogP contribution >= 0.6 is 0 Å². The molecule has 1 amide bonds. The van der Waals surface area contributed by atoms with E-state index in [9.17, 15) is 4.79 Å². The highest BCUT2D eigenvalue weighted by Gasteiger charge is 2.19. The smallest absolute Gasteiger partial charge is 0.234 e. The molecule has 0 bridgehead atoms. The third kappa shape index (κ3) is 6.37. The van der Waals surface area contributed by atoms with Gasteiger partial charge in [-0.1, -0.05) is 17.3 Å². The number of ether oxygens (including phenoxy) is 1. The second kappa shape index (κ2) is 9.53. The van der Waals surface area contributed by atoms with Crippen LogP contribution in [-0.4, -0.2) is 66.7 Å². The first-order valence-electron chi connectivity index (χ1n) is 9.41. The molecule has 1 aromatic carbocycles. The average Bonchev–Trinajstić information content (AvgIpc) is 3.05. The largest absolute Gasteiger partial charge is 0.492 e. The molecular formula is C20H28N4O3. The number of aryl methyl sites for hydroxylation is 2. The predicted molar refractivity (Wildman–Crippen MR) is 103 cm³/mol. The van der Waals surface area contributed by atoms with Crippen LogP contribution in [-0.2, 0) is 11.3 Å². The molecule has 1 aliphatic rings. The minimum Gasteiger partial charge on any atom is -0.492 e. The fourth-order valence-electron chi connectivity index (χ4n) is 3.15. The van der Waals surface area contributed by atoms with Gasteiger partial charge in [-0.2, -0.15) is 0 Å². The summed E-state index contributed by atoms with van der Waals surface area (Å²) in [5.74, 6) is 1.72. The standard InChI is InChI=1S/C20H28N4O3/c1-16-4-3-5-19(12-16)26-11-6-21-20(25)15-24-9-7-23(8-10-24)14-18-13-17(2)27-22-18/h3-5,12-13H,6-11,14-15H2,1-2H3,(H,21,25). The number of hydrogen-bond acceptors (Lipinski definition) is 6. The number of nitrogens with zero attached hydrogens (tertiary/aromatic N) is 3. The van der Waals surface area contributed by atoms with Gasteiger partial charge in [0.2, 0.25) is 5.91 Å². The van der Waals surface area contributed by atoms with E-state index < -0.39 is 0 Å². The average molecular weight is 372 g/mol. The van der Waals surface area contributed by atoms with Crippen molar-refractivity contribution in [2.75, 3.05) is 45.9 Å². The SMILES string of the molecule is Cc1cccc(OCCNC(=O)CN2CCN(Cc3cc(C)on3)CC2)c1. The molecule has 1 saturated heterocycles. The summed E-state index contributed by atoms with van der Waals surface area (Å²) in [5.41, 5.74) is 2.13. The van der Waals surface area contributed by atoms with E-state index in [1.54, 1.807) is 0 Å². The number of aromatic nitrogens is 1. The van der Waals surface area contributed by atoms with Gasteiger partial charge >= 0.3 is 0 Å². The van der Waals surface area contributed by atoms with Gasteiger partial charge in [0.05, 0.1) is 18.8 Å². The molecule has 3 rings (SSSR count). The van der Waals surface area contributed by atoms with E-state index >= 15 is 0 Å². The third-order valence-electron chi connectivity index (χ3n) is 4.58. The number of carbonyl (C=O) groups excluding carboxylic acids is 1. The van der Waals surface area contributed by atoms with Gasteiger partial charge in [-0.05, 0) is 31.5 Å². The zero-order valence-electron chi connectivity index (χ0n) is 16.1. The monoisotopic (exact) mass is 372 g/mol. The first-order valence-corrected chi connectivity index (χ1v) is 9.41. The molecule has 1 fully saturated rings. The topological polar surface area (TPSA) is 70.8 Å². The highest BCUT2D eigenvalue weighted by Crippen LogP contribution is 2.12. The lowest BCUT2D eigenvalue weighted by molar-refractivity contribution is -0.122. The molecule has 0 unspecified atom stereocenters. The van der Waals surface area contributed by atoms with E-state index in [1.807, 2.05) is 44.2 Å². The Hall–Kier alpha value is -2.38. The number of carbonyl (C=O) groups is 1. The van der Waals surface area contributed by atoms with Crippen LogP contribution in [0.4, 0.5) is 0 Å². The minimum absolute atomic E-state index is 0.0448. The Morgan fingerprint density at radius 2 is 1.96 bits per heavy atom. The fraction of sp³-hybridized carbons (Fsp3) is 0.500. The summed E-state index contributed by atoms with van der Waals surface area (Å²) in [6.45, 7) is 9.76. The maximum absolute atomic E-state index is 12.1. The van der Waals surface area contributed by atoms with Crippen LogP contribution in [0.5, 0.6) is 5.75 Å². The van der Waals surface area contributed by atoms with Crippen molar-refractivity contribution in [3.05, 3.63) is 47.3 Å². The van der Waals surface area contributed by atoms with Crippen molar-refractivity contribution in [3.63, 3.8) is 0 Å². The molecule has 0 atom stereocenters. The summed E-state index contributed by atoms with van der Waals surface area (Å²) >= 11 is 0. The van der Waals surface area contributed by atoms with Gasteiger partial charge in [-0.3, -0.25) is 14.6 Å². The molecule has 1 aromatic heterocycles. The number of piperazine rings is 1. The Bertz CT molecular complexity index is 738. The predicted octanol–water partition coefficient (Wildman–Crippen LogP) is 1.60. The van der Waals surface area contributed by atoms with Crippen LogP contribution in [0.15, 0.2) is 34.9 Å². The first kappa shape index (κ1) is 19.4. The van der Waals surface area contributed by atoms with Crippen molar-refractivity contribution < 1.29 is 14.1 Å². The summed E-state index contributed by atoms with van der Waals surface area (Å²) < 4.78 is 10.8. The molecule has 1 N–H and O–H groups in total. The highest BCUT2D eigenvalue weighted by atomic mass is 16.5. The van der Waals surface area contributed by atoms with Gasteiger partial charge in [0, 0.05) is 38.8 Å². The van der Waals surface area contributed by atoms with Crippen LogP contribution in [0, 0.1) is 13.8 Å². The summed E-state index contributed by atoms with van der Waals surface area (Å²) in [4.78, 5) is 16.6. The zero-order valence-corrected chi connectivity index (χ0v) is 16.1. The summed E-state index contributed by atoms with van der Waals surface area (Å²) in [5, 5.41) is 6.97. The summed E-state index contributed by atoms with van der Waals surface area (Å²) in [7, 11) is 0. The van der Waals surface area contributed by atoms with Crippen LogP contribution < -0.4 is 10.1 Å². The molecule has 1 aliphatic heterocycles. The van der Waals surface area contributed by atoms with E-state index in [4.69, 9.17) is 9.26 Å². The van der Waals surface area contributed by atoms with Gasteiger partial charge in [-0.15, -0.1) is 0 Å². The fourth-order valence-corrected chi connectivity index (χ4v) is 3.15. The maximum Gasteiger partial charge on any atom is 0.234 e. The Morgan fingerprint density at radius 3 is 2.67 bits per heavy atom. The molecule has 0 aliphatic carbocycles. The minimum atomic E-state index is 0.0448. The Labute approximate surface area is 160 Å². The molecule has 146 valence electrons. The van der Waals surface area contributed by atoms with Crippen LogP contribution in [0.25, 0.3) is 0 Å². The van der Waals surface area contributed by atoms with Gasteiger partial charge in [-0.25, -0.2) is 0 Å². The van der Waals surface area contributed by atoms with Crippen molar-refractivity contribution in [1.82, 2.24) is 20.3 Å². The van der Waals surface area contributed by atoms with Gasteiger partial charge in [0.15, 0.2) is 0 Å². The van der Waals surface area contributed by atoms with E-state index in [-0.39, 0.29) is 5.91 Å². The normalized spacial score (nSPS) is 15.6. The first-order chi connectivity index (χ1) is 13.1. The molecule has 7 nitrogen and oxygen atoms in total. The summed E-state index contributed by atoms with van der Waals surface area (Å²) in [6.07, 6.45) is 0. The Balaban J connectivity index is 1.29. The second-order valence-corrected chi connectivity index (χ2v) is 7.00. The van der Waals surface area contributed by atoms with E-state index in [0.717, 1.165) is 55.5 Å². The zero-order chi connectivity index (χ0) is 19.1. The lowest BCUT2D eigenvalue weighted by atomic mass is 10.2. The molecule has 7 heteroatoms. The molecule has 0 radical (unpaired) electrons. The lowest BCUT2D eigenvalue weighted by Gasteiger charge is -2.33. The van der Waals surface area contributed by atoms with Crippen molar-refractivity contribution in [2.24, 2.45) is 0 Å². The number of hydrogen-bond donors (Lipinski definition) is 1. The molecular weight excluding hydrogens is 344 g/mol. The van der Waals surface area contributed by atoms with E-state index in [1.165, 1.54) is 0 Å². The molecule has 27 heavy (non-hydrogen) atoms. The van der Waals surface area contributed by atoms with Gasteiger partial charge in [0.25, 0.3) is 0 Å². The van der Waals surface area contributed by atoms with Gasteiger partial charge < -0.3 is 14.6 Å². The van der Waals surface area contributed by atoms with Crippen molar-refractivity contribution >= 4 is 5.91 Å². The lowest BCUT2D eigenvalue weighted by Crippen LogP contribution is -2.49. The van der Waals surface area contributed by atoms with Crippen molar-refractivity contribution in [2.45, 2.75) is 20.4 Å². The molecule has 2 aromatic rings. The van der Waals surface area contributed by atoms with E-state index in [2.05, 4.69) is 20.3 Å². The molecule has 0 spiro atoms. The number of rotatable bonds is 8. The number of amides is 1. The quantitative estimate of drug-likeness (QED) is 0.710. The highest BCUT2D eigenvalue weighted by molar-refractivity contribution is 5.78. The van der Waals surface area contributed by atoms with E-state index in [0.29, 0.717) is 19.7 Å².